The molecule has 0 spiro atoms. The molecule has 1 heterocycles. The number of esters is 2. The van der Waals surface area contributed by atoms with Crippen molar-refractivity contribution in [1.82, 2.24) is 16.0 Å². The van der Waals surface area contributed by atoms with E-state index in [0.29, 0.717) is 19.3 Å². The van der Waals surface area contributed by atoms with Gasteiger partial charge in [0, 0.05) is 32.1 Å². The number of aliphatic hydroxyl groups excluding tert-OH is 1. The van der Waals surface area contributed by atoms with Crippen molar-refractivity contribution in [3.8, 4) is 0 Å². The highest BCUT2D eigenvalue weighted by Crippen LogP contribution is 2.28. The summed E-state index contributed by atoms with van der Waals surface area (Å²) in [4.78, 5) is 99.1. The Balaban J connectivity index is 2.89. The number of hydrogen-bond donors (Lipinski definition) is 6. The van der Waals surface area contributed by atoms with Crippen LogP contribution >= 0.6 is 12.6 Å². The average molecular weight is 957 g/mol. The number of unbranched alkanes of at least 4 members (excludes halogenated alkanes) is 18. The normalized spacial score (nSPS) is 20.0. The van der Waals surface area contributed by atoms with Crippen molar-refractivity contribution >= 4 is 60.3 Å². The molecular formula is C48H84N4O13S. The zero-order valence-corrected chi connectivity index (χ0v) is 41.4. The molecule has 1 fully saturated rings. The van der Waals surface area contributed by atoms with Crippen molar-refractivity contribution in [2.75, 3.05) is 13.7 Å². The van der Waals surface area contributed by atoms with Crippen LogP contribution in [0.2, 0.25) is 0 Å². The Labute approximate surface area is 399 Å². The molecule has 17 nitrogen and oxygen atoms in total. The lowest BCUT2D eigenvalue weighted by Gasteiger charge is -2.43. The zero-order valence-electron chi connectivity index (χ0n) is 40.5. The Bertz CT molecular complexity index is 1450. The van der Waals surface area contributed by atoms with Gasteiger partial charge in [-0.3, -0.25) is 33.6 Å². The van der Waals surface area contributed by atoms with Crippen LogP contribution in [0.15, 0.2) is 0 Å². The fraction of sp³-hybridized carbons (Fsp3) is 0.833. The van der Waals surface area contributed by atoms with Gasteiger partial charge in [-0.25, -0.2) is 0 Å². The predicted molar refractivity (Wildman–Crippen MR) is 253 cm³/mol. The van der Waals surface area contributed by atoms with Gasteiger partial charge < -0.3 is 50.5 Å². The summed E-state index contributed by atoms with van der Waals surface area (Å²) in [5.74, 6) is -4.61. The number of Topliss-reactive ketones (excluding diaryl/α,β-unsaturated/α-hetero) is 1. The molecule has 1 rings (SSSR count). The largest absolute Gasteiger partial charge is 0.469 e. The molecule has 0 saturated carbocycles. The van der Waals surface area contributed by atoms with Gasteiger partial charge >= 0.3 is 11.9 Å². The standard InChI is InChI=1S/C48H84N4O13S/c1-6-7-8-9-10-14-18-21-24-27-38(55)36(26-23-20-17-15-12-11-13-16-19-22-25-30-53)31-41(57)63-32-39-43(58)44(42(48(66)65-39)51-35(4)54)64-34(3)47(61)50-33(2)46(60)52-37(45(49)59)28-29-40(56)62-5/h30,33-34,36-37,39,42-44,48,58,66H,6-29,31-32H2,1-5H3,(H2,49,59)(H,50,61)(H,51,54)(H,52,60)/t33-,34?,36+,37+,39+,42+,43+,44-,48-/m0/s1. The van der Waals surface area contributed by atoms with Crippen molar-refractivity contribution in [3.05, 3.63) is 0 Å². The number of amides is 4. The van der Waals surface area contributed by atoms with E-state index in [2.05, 4.69) is 40.2 Å². The molecule has 1 aliphatic heterocycles. The van der Waals surface area contributed by atoms with E-state index in [-0.39, 0.29) is 25.0 Å². The molecule has 0 bridgehead atoms. The van der Waals surface area contributed by atoms with Crippen molar-refractivity contribution in [2.24, 2.45) is 11.7 Å². The Morgan fingerprint density at radius 3 is 1.86 bits per heavy atom. The maximum atomic E-state index is 13.5. The molecule has 0 aromatic heterocycles. The molecule has 18 heteroatoms. The van der Waals surface area contributed by atoms with E-state index >= 15 is 0 Å². The molecule has 6 N–H and O–H groups in total. The second-order valence-corrected chi connectivity index (χ2v) is 18.3. The molecule has 1 unspecified atom stereocenters. The molecule has 1 aliphatic rings. The van der Waals surface area contributed by atoms with Gasteiger partial charge in [-0.15, -0.1) is 12.6 Å². The first-order valence-corrected chi connectivity index (χ1v) is 25.1. The highest BCUT2D eigenvalue weighted by Gasteiger charge is 2.47. The Hall–Kier alpha value is -3.61. The number of carbonyl (C=O) groups excluding carboxylic acids is 8. The highest BCUT2D eigenvalue weighted by molar-refractivity contribution is 7.80. The third kappa shape index (κ3) is 26.7. The van der Waals surface area contributed by atoms with Crippen LogP contribution in [0.25, 0.3) is 0 Å². The minimum Gasteiger partial charge on any atom is -0.469 e. The fourth-order valence-electron chi connectivity index (χ4n) is 7.92. The second-order valence-electron chi connectivity index (χ2n) is 17.7. The minimum atomic E-state index is -1.54. The van der Waals surface area contributed by atoms with Gasteiger partial charge in [0.15, 0.2) is 0 Å². The van der Waals surface area contributed by atoms with E-state index in [1.165, 1.54) is 72.8 Å². The van der Waals surface area contributed by atoms with Crippen molar-refractivity contribution in [1.29, 1.82) is 0 Å². The Kier molecular flexibility index (Phi) is 33.3. The molecule has 0 aromatic carbocycles. The van der Waals surface area contributed by atoms with Crippen LogP contribution in [-0.4, -0.2) is 114 Å². The SMILES string of the molecule is CCCCCCCCCCCC(=O)[C@H](CCCCCCCCCCCCC=O)CC(=O)OC[C@H]1O[C@@H](S)[C@H](NC(C)=O)[C@H](OC(C)C(=O)N[C@@H](C)C(=O)N[C@H](CCC(=O)OC)C(N)=O)[C@@H]1O. The Morgan fingerprint density at radius 2 is 1.32 bits per heavy atom. The molecule has 66 heavy (non-hydrogen) atoms. The molecule has 1 saturated heterocycles. The van der Waals surface area contributed by atoms with Crippen LogP contribution in [0.3, 0.4) is 0 Å². The number of nitrogens with two attached hydrogens (primary N) is 1. The van der Waals surface area contributed by atoms with Crippen LogP contribution in [0.1, 0.15) is 188 Å². The lowest BCUT2D eigenvalue weighted by Crippen LogP contribution is -2.64. The van der Waals surface area contributed by atoms with Crippen LogP contribution in [0.4, 0.5) is 0 Å². The number of aliphatic hydroxyl groups is 1. The van der Waals surface area contributed by atoms with Crippen LogP contribution < -0.4 is 21.7 Å². The number of nitrogens with one attached hydrogen (secondary N) is 3. The van der Waals surface area contributed by atoms with E-state index in [9.17, 15) is 43.5 Å². The number of ketones is 1. The van der Waals surface area contributed by atoms with Crippen LogP contribution in [0, 0.1) is 5.92 Å². The summed E-state index contributed by atoms with van der Waals surface area (Å²) < 4.78 is 22.1. The number of carbonyl (C=O) groups is 8. The van der Waals surface area contributed by atoms with E-state index in [4.69, 9.17) is 19.9 Å². The van der Waals surface area contributed by atoms with Crippen LogP contribution in [-0.2, 0) is 57.3 Å². The van der Waals surface area contributed by atoms with Crippen molar-refractivity contribution < 1.29 is 62.4 Å². The van der Waals surface area contributed by atoms with Crippen molar-refractivity contribution in [3.63, 3.8) is 0 Å². The minimum absolute atomic E-state index is 0.0470. The first kappa shape index (κ1) is 60.4. The van der Waals surface area contributed by atoms with Crippen molar-refractivity contribution in [2.45, 2.75) is 236 Å². The smallest absolute Gasteiger partial charge is 0.306 e. The van der Waals surface area contributed by atoms with Gasteiger partial charge in [0.05, 0.1) is 19.6 Å². The van der Waals surface area contributed by atoms with Crippen LogP contribution in [0.5, 0.6) is 0 Å². The monoisotopic (exact) mass is 957 g/mol. The summed E-state index contributed by atoms with van der Waals surface area (Å²) in [5, 5.41) is 19.0. The summed E-state index contributed by atoms with van der Waals surface area (Å²) in [5.41, 5.74) is 4.31. The van der Waals surface area contributed by atoms with Gasteiger partial charge in [0.25, 0.3) is 0 Å². The number of ether oxygens (including phenoxy) is 4. The third-order valence-corrected chi connectivity index (χ3v) is 12.4. The molecule has 0 aliphatic carbocycles. The fourth-order valence-corrected chi connectivity index (χ4v) is 8.32. The topological polar surface area (TPSA) is 256 Å². The second kappa shape index (κ2) is 36.4. The molecule has 0 radical (unpaired) electrons. The van der Waals surface area contributed by atoms with Gasteiger partial charge in [-0.2, -0.15) is 0 Å². The number of aldehydes is 1. The summed E-state index contributed by atoms with van der Waals surface area (Å²) in [6, 6.07) is -3.45. The summed E-state index contributed by atoms with van der Waals surface area (Å²) in [7, 11) is 1.18. The summed E-state index contributed by atoms with van der Waals surface area (Å²) in [6.45, 7) is 5.75. The van der Waals surface area contributed by atoms with Gasteiger partial charge in [-0.1, -0.05) is 116 Å². The molecule has 0 aromatic rings. The number of primary amides is 1. The number of rotatable bonds is 39. The van der Waals surface area contributed by atoms with E-state index in [1.807, 2.05) is 0 Å². The van der Waals surface area contributed by atoms with Gasteiger partial charge in [-0.05, 0) is 39.5 Å². The number of hydrogen-bond acceptors (Lipinski definition) is 14. The molecule has 4 amide bonds. The number of thiol groups is 1. The highest BCUT2D eigenvalue weighted by atomic mass is 32.1. The maximum Gasteiger partial charge on any atom is 0.306 e. The maximum absolute atomic E-state index is 13.5. The average Bonchev–Trinajstić information content (AvgIpc) is 3.28. The van der Waals surface area contributed by atoms with Gasteiger partial charge in [0.2, 0.25) is 23.6 Å². The van der Waals surface area contributed by atoms with Gasteiger partial charge in [0.1, 0.15) is 60.6 Å². The summed E-state index contributed by atoms with van der Waals surface area (Å²) in [6.07, 6.45) is 17.6. The zero-order chi connectivity index (χ0) is 49.3. The predicted octanol–water partition coefficient (Wildman–Crippen LogP) is 5.63. The Morgan fingerprint density at radius 1 is 0.758 bits per heavy atom. The lowest BCUT2D eigenvalue weighted by atomic mass is 9.90. The van der Waals surface area contributed by atoms with E-state index < -0.39 is 96.1 Å². The third-order valence-electron chi connectivity index (χ3n) is 12.0. The molecular weight excluding hydrogens is 873 g/mol. The lowest BCUT2D eigenvalue weighted by molar-refractivity contribution is -0.204. The first-order valence-electron chi connectivity index (χ1n) is 24.6. The van der Waals surface area contributed by atoms with E-state index in [1.54, 1.807) is 0 Å². The quantitative estimate of drug-likeness (QED) is 0.0189. The molecule has 380 valence electrons. The molecule has 9 atom stereocenters. The van der Waals surface area contributed by atoms with E-state index in [0.717, 1.165) is 83.3 Å². The number of methoxy groups -OCH3 is 1. The summed E-state index contributed by atoms with van der Waals surface area (Å²) >= 11 is 4.48. The first-order chi connectivity index (χ1) is 31.6.